The average molecular weight is 374 g/mol. The first-order valence-electron chi connectivity index (χ1n) is 8.72. The Labute approximate surface area is 162 Å². The molecule has 0 unspecified atom stereocenters. The topological polar surface area (TPSA) is 50.2 Å². The fraction of sp³-hybridized carbons (Fsp3) is 0.0952. The van der Waals surface area contributed by atoms with Crippen LogP contribution in [0.1, 0.15) is 12.5 Å². The first-order valence-corrected chi connectivity index (χ1v) is 9.13. The Morgan fingerprint density at radius 2 is 1.74 bits per heavy atom. The maximum atomic E-state index is 12.6. The van der Waals surface area contributed by atoms with E-state index in [2.05, 4.69) is 5.32 Å². The molecule has 0 bridgehead atoms. The molecule has 1 aromatic heterocycles. The van der Waals surface area contributed by atoms with Gasteiger partial charge in [0.05, 0.1) is 5.69 Å². The average Bonchev–Trinajstić information content (AvgIpc) is 3.24. The van der Waals surface area contributed by atoms with Gasteiger partial charge in [0.1, 0.15) is 11.4 Å². The quantitative estimate of drug-likeness (QED) is 0.560. The van der Waals surface area contributed by atoms with Crippen LogP contribution >= 0.6 is 12.2 Å². The maximum absolute atomic E-state index is 12.6. The van der Waals surface area contributed by atoms with Crippen LogP contribution in [0.4, 0.5) is 0 Å². The molecule has 5 nitrogen and oxygen atoms in total. The van der Waals surface area contributed by atoms with E-state index in [1.165, 1.54) is 0 Å². The first-order chi connectivity index (χ1) is 13.2. The van der Waals surface area contributed by atoms with E-state index in [-0.39, 0.29) is 5.91 Å². The van der Waals surface area contributed by atoms with E-state index < -0.39 is 0 Å². The molecule has 0 spiro atoms. The van der Waals surface area contributed by atoms with Crippen molar-refractivity contribution < 1.29 is 4.79 Å². The highest BCUT2D eigenvalue weighted by Gasteiger charge is 2.29. The van der Waals surface area contributed by atoms with E-state index in [4.69, 9.17) is 17.3 Å². The zero-order valence-electron chi connectivity index (χ0n) is 14.8. The minimum Gasteiger partial charge on any atom is -0.328 e. The largest absolute Gasteiger partial charge is 0.328 e. The molecule has 134 valence electrons. The van der Waals surface area contributed by atoms with E-state index in [9.17, 15) is 4.79 Å². The zero-order valence-corrected chi connectivity index (χ0v) is 15.6. The third kappa shape index (κ3) is 3.27. The van der Waals surface area contributed by atoms with Crippen molar-refractivity contribution in [3.63, 3.8) is 0 Å². The van der Waals surface area contributed by atoms with E-state index in [0.717, 1.165) is 22.5 Å². The molecule has 0 aliphatic carbocycles. The highest BCUT2D eigenvalue weighted by atomic mass is 32.1. The molecular formula is C21H18N4OS. The first kappa shape index (κ1) is 17.2. The SMILES string of the molecule is CCN1C(=O)/C(=C\c2cn(-c3ccccc3)nc2-c2ccccc2)NC1=S. The van der Waals surface area contributed by atoms with E-state index in [1.807, 2.05) is 84.5 Å². The molecule has 2 aromatic carbocycles. The molecule has 1 saturated heterocycles. The number of aromatic nitrogens is 2. The van der Waals surface area contributed by atoms with Gasteiger partial charge in [-0.2, -0.15) is 5.10 Å². The summed E-state index contributed by atoms with van der Waals surface area (Å²) >= 11 is 5.25. The number of carbonyl (C=O) groups is 1. The predicted molar refractivity (Wildman–Crippen MR) is 110 cm³/mol. The molecule has 1 fully saturated rings. The van der Waals surface area contributed by atoms with Crippen molar-refractivity contribution >= 4 is 29.3 Å². The number of hydrogen-bond donors (Lipinski definition) is 1. The summed E-state index contributed by atoms with van der Waals surface area (Å²) in [4.78, 5) is 14.1. The van der Waals surface area contributed by atoms with Gasteiger partial charge in [-0.1, -0.05) is 48.5 Å². The Morgan fingerprint density at radius 3 is 2.37 bits per heavy atom. The smallest absolute Gasteiger partial charge is 0.276 e. The molecule has 1 N–H and O–H groups in total. The van der Waals surface area contributed by atoms with Crippen LogP contribution in [0.15, 0.2) is 72.6 Å². The predicted octanol–water partition coefficient (Wildman–Crippen LogP) is 3.62. The van der Waals surface area contributed by atoms with Crippen LogP contribution in [0.5, 0.6) is 0 Å². The van der Waals surface area contributed by atoms with Crippen molar-refractivity contribution in [1.82, 2.24) is 20.0 Å². The third-order valence-electron chi connectivity index (χ3n) is 4.39. The number of nitrogens with one attached hydrogen (secondary N) is 1. The fourth-order valence-corrected chi connectivity index (χ4v) is 3.36. The molecule has 27 heavy (non-hydrogen) atoms. The lowest BCUT2D eigenvalue weighted by molar-refractivity contribution is -0.122. The molecule has 6 heteroatoms. The summed E-state index contributed by atoms with van der Waals surface area (Å²) in [5.41, 5.74) is 4.06. The molecule has 1 aliphatic rings. The van der Waals surface area contributed by atoms with Crippen LogP contribution in [0.2, 0.25) is 0 Å². The lowest BCUT2D eigenvalue weighted by Gasteiger charge is -2.08. The van der Waals surface area contributed by atoms with Gasteiger partial charge in [-0.05, 0) is 37.4 Å². The van der Waals surface area contributed by atoms with Crippen molar-refractivity contribution in [2.45, 2.75) is 6.92 Å². The van der Waals surface area contributed by atoms with Crippen LogP contribution in [-0.2, 0) is 4.79 Å². The third-order valence-corrected chi connectivity index (χ3v) is 4.71. The minimum absolute atomic E-state index is 0.117. The van der Waals surface area contributed by atoms with Crippen LogP contribution in [-0.4, -0.2) is 32.2 Å². The second-order valence-corrected chi connectivity index (χ2v) is 6.50. The van der Waals surface area contributed by atoms with E-state index in [0.29, 0.717) is 17.4 Å². The molecule has 0 saturated carbocycles. The lowest BCUT2D eigenvalue weighted by atomic mass is 10.1. The zero-order chi connectivity index (χ0) is 18.8. The molecule has 0 radical (unpaired) electrons. The molecule has 0 atom stereocenters. The highest BCUT2D eigenvalue weighted by Crippen LogP contribution is 2.26. The van der Waals surface area contributed by atoms with Gasteiger partial charge in [-0.25, -0.2) is 4.68 Å². The summed E-state index contributed by atoms with van der Waals surface area (Å²) in [7, 11) is 0. The molecule has 3 aromatic rings. The Morgan fingerprint density at radius 1 is 1.07 bits per heavy atom. The number of carbonyl (C=O) groups excluding carboxylic acids is 1. The number of likely N-dealkylation sites (N-methyl/N-ethyl adjacent to an activating group) is 1. The number of nitrogens with zero attached hydrogens (tertiary/aromatic N) is 3. The van der Waals surface area contributed by atoms with E-state index in [1.54, 1.807) is 4.90 Å². The van der Waals surface area contributed by atoms with Crippen LogP contribution < -0.4 is 5.32 Å². The molecule has 4 rings (SSSR count). The number of amides is 1. The Balaban J connectivity index is 1.82. The van der Waals surface area contributed by atoms with Gasteiger partial charge in [0.15, 0.2) is 5.11 Å². The summed E-state index contributed by atoms with van der Waals surface area (Å²) < 4.78 is 1.82. The molecule has 2 heterocycles. The van der Waals surface area contributed by atoms with Gasteiger partial charge in [-0.15, -0.1) is 0 Å². The number of para-hydroxylation sites is 1. The van der Waals surface area contributed by atoms with Crippen molar-refractivity contribution in [2.24, 2.45) is 0 Å². The number of hydrogen-bond acceptors (Lipinski definition) is 3. The Bertz CT molecular complexity index is 1020. The minimum atomic E-state index is -0.117. The molecule has 1 aliphatic heterocycles. The van der Waals surface area contributed by atoms with Crippen LogP contribution in [0.25, 0.3) is 23.0 Å². The summed E-state index contributed by atoms with van der Waals surface area (Å²) in [5, 5.41) is 8.21. The van der Waals surface area contributed by atoms with Gasteiger partial charge in [0.2, 0.25) is 0 Å². The van der Waals surface area contributed by atoms with Crippen LogP contribution in [0.3, 0.4) is 0 Å². The van der Waals surface area contributed by atoms with Crippen molar-refractivity contribution in [1.29, 1.82) is 0 Å². The van der Waals surface area contributed by atoms with Crippen molar-refractivity contribution in [2.75, 3.05) is 6.54 Å². The number of thiocarbonyl (C=S) groups is 1. The highest BCUT2D eigenvalue weighted by molar-refractivity contribution is 7.80. The van der Waals surface area contributed by atoms with Gasteiger partial charge in [0, 0.05) is 23.9 Å². The van der Waals surface area contributed by atoms with Crippen molar-refractivity contribution in [3.05, 3.63) is 78.1 Å². The van der Waals surface area contributed by atoms with Gasteiger partial charge in [-0.3, -0.25) is 9.69 Å². The van der Waals surface area contributed by atoms with Crippen LogP contribution in [0, 0.1) is 0 Å². The molecule has 1 amide bonds. The second-order valence-electron chi connectivity index (χ2n) is 6.12. The van der Waals surface area contributed by atoms with Crippen molar-refractivity contribution in [3.8, 4) is 16.9 Å². The monoisotopic (exact) mass is 374 g/mol. The summed E-state index contributed by atoms with van der Waals surface area (Å²) in [6.45, 7) is 2.44. The van der Waals surface area contributed by atoms with Gasteiger partial charge < -0.3 is 5.32 Å². The summed E-state index contributed by atoms with van der Waals surface area (Å²) in [5.74, 6) is -0.117. The van der Waals surface area contributed by atoms with E-state index >= 15 is 0 Å². The Kier molecular flexibility index (Phi) is 4.56. The summed E-state index contributed by atoms with van der Waals surface area (Å²) in [6.07, 6.45) is 3.75. The fourth-order valence-electron chi connectivity index (χ4n) is 3.04. The number of rotatable bonds is 4. The van der Waals surface area contributed by atoms with Gasteiger partial charge >= 0.3 is 0 Å². The lowest BCUT2D eigenvalue weighted by Crippen LogP contribution is -2.30. The number of benzene rings is 2. The van der Waals surface area contributed by atoms with Gasteiger partial charge in [0.25, 0.3) is 5.91 Å². The molecular weight excluding hydrogens is 356 g/mol. The Hall–Kier alpha value is -3.25. The standard InChI is InChI=1S/C21H18N4OS/c1-2-24-20(26)18(22-21(24)27)13-16-14-25(17-11-7-4-8-12-17)23-19(16)15-9-5-3-6-10-15/h3-14H,2H2,1H3,(H,22,27)/b18-13+. The normalized spacial score (nSPS) is 15.4. The summed E-state index contributed by atoms with van der Waals surface area (Å²) in [6, 6.07) is 19.8. The maximum Gasteiger partial charge on any atom is 0.276 e. The second kappa shape index (κ2) is 7.17.